The fourth-order valence-electron chi connectivity index (χ4n) is 14.7. The molecule has 0 heterocycles. The third-order valence-corrected chi connectivity index (χ3v) is 19.4. The molecule has 0 saturated heterocycles. The van der Waals surface area contributed by atoms with Gasteiger partial charge in [0.2, 0.25) is 0 Å². The lowest BCUT2D eigenvalue weighted by molar-refractivity contribution is 0.431. The van der Waals surface area contributed by atoms with Gasteiger partial charge in [-0.15, -0.1) is 0 Å². The monoisotopic (exact) mass is 1090 g/mol. The number of hydrogen-bond donors (Lipinski definition) is 0. The van der Waals surface area contributed by atoms with Crippen molar-refractivity contribution in [3.05, 3.63) is 336 Å². The number of hydrogen-bond acceptors (Lipinski definition) is 2. The van der Waals surface area contributed by atoms with Crippen LogP contribution in [-0.4, -0.2) is 0 Å². The normalized spacial score (nSPS) is 16.5. The molecule has 0 saturated carbocycles. The standard InChI is InChI=1S/C83H68N2/c1-5-51-83(67-37-49-73(50-38-67)85(70-43-31-63(32-44-70)59-23-15-9-16-24-59)71-45-33-64(34-46-71)60-25-17-10-18-26-60)79-53-75-74-52-65-56-82(6-2,76(65)54-77(74)81(3,4)78(75)55-80(79)83)66-35-47-72(48-36-66)84(68-39-27-61(28-40-68)57-19-11-7-12-20-57)69-41-29-62(30-42-69)58-21-13-8-14-22-58/h7-50,52-55H,5-6,51,56H2,1-4H3. The SMILES string of the molecule is CCCC1(c2ccc(N(c3ccc(-c4ccccc4)cc3)c3ccc(-c4ccccc4)cc3)cc2)c2cc3c(cc21)C(C)(C)c1cc2c(cc1-3)CC2(CC)c1ccc(N(c2ccc(-c3ccccc3)cc2)c2ccc(-c3ccccc3)cc2)cc1. The lowest BCUT2D eigenvalue weighted by atomic mass is 9.58. The lowest BCUT2D eigenvalue weighted by Crippen LogP contribution is -2.40. The summed E-state index contributed by atoms with van der Waals surface area (Å²) in [7, 11) is 0. The largest absolute Gasteiger partial charge is 0.311 e. The summed E-state index contributed by atoms with van der Waals surface area (Å²) in [6.07, 6.45) is 4.27. The van der Waals surface area contributed by atoms with Crippen LogP contribution in [0.15, 0.2) is 291 Å². The molecule has 2 unspecified atom stereocenters. The van der Waals surface area contributed by atoms with Crippen LogP contribution in [0, 0.1) is 0 Å². The first kappa shape index (κ1) is 52.1. The van der Waals surface area contributed by atoms with Gasteiger partial charge in [0.25, 0.3) is 0 Å². The number of anilines is 6. The van der Waals surface area contributed by atoms with Crippen molar-refractivity contribution in [3.63, 3.8) is 0 Å². The van der Waals surface area contributed by atoms with E-state index in [1.54, 1.807) is 0 Å². The number of rotatable bonds is 15. The van der Waals surface area contributed by atoms with Gasteiger partial charge in [-0.3, -0.25) is 0 Å². The molecule has 0 aliphatic heterocycles. The first-order valence-corrected chi connectivity index (χ1v) is 30.6. The van der Waals surface area contributed by atoms with Gasteiger partial charge in [0, 0.05) is 50.4 Å². The first-order valence-electron chi connectivity index (χ1n) is 30.6. The summed E-state index contributed by atoms with van der Waals surface area (Å²) >= 11 is 0. The molecule has 0 amide bonds. The zero-order valence-electron chi connectivity index (χ0n) is 48.9. The Hall–Kier alpha value is -9.76. The van der Waals surface area contributed by atoms with Gasteiger partial charge < -0.3 is 9.80 Å². The molecule has 0 aromatic heterocycles. The Morgan fingerprint density at radius 3 is 0.965 bits per heavy atom. The van der Waals surface area contributed by atoms with E-state index in [2.05, 4.69) is 329 Å². The summed E-state index contributed by atoms with van der Waals surface area (Å²) in [6, 6.07) is 108. The van der Waals surface area contributed by atoms with Crippen LogP contribution in [0.3, 0.4) is 0 Å². The summed E-state index contributed by atoms with van der Waals surface area (Å²) < 4.78 is 0. The minimum atomic E-state index is -0.142. The summed E-state index contributed by atoms with van der Waals surface area (Å²) in [5.74, 6) is 0. The van der Waals surface area contributed by atoms with Crippen LogP contribution in [0.5, 0.6) is 0 Å². The van der Waals surface area contributed by atoms with Gasteiger partial charge in [0.05, 0.1) is 0 Å². The van der Waals surface area contributed by atoms with Crippen LogP contribution in [-0.2, 0) is 22.7 Å². The molecule has 2 atom stereocenters. The van der Waals surface area contributed by atoms with E-state index in [0.29, 0.717) is 0 Å². The van der Waals surface area contributed by atoms with Gasteiger partial charge in [-0.25, -0.2) is 0 Å². The second-order valence-corrected chi connectivity index (χ2v) is 24.3. The average Bonchev–Trinajstić information content (AvgIpc) is 1.54. The van der Waals surface area contributed by atoms with Crippen molar-refractivity contribution in [2.75, 3.05) is 9.80 Å². The maximum absolute atomic E-state index is 2.62. The quantitative estimate of drug-likeness (QED) is 0.101. The van der Waals surface area contributed by atoms with E-state index in [-0.39, 0.29) is 16.2 Å². The third kappa shape index (κ3) is 8.77. The molecule has 0 N–H and O–H groups in total. The molecule has 2 heteroatoms. The van der Waals surface area contributed by atoms with E-state index in [0.717, 1.165) is 59.8 Å². The van der Waals surface area contributed by atoms with Gasteiger partial charge in [0.15, 0.2) is 0 Å². The highest BCUT2D eigenvalue weighted by Gasteiger charge is 2.54. The highest BCUT2D eigenvalue weighted by Crippen LogP contribution is 2.64. The van der Waals surface area contributed by atoms with Crippen molar-refractivity contribution in [2.45, 2.75) is 69.6 Å². The molecule has 2 nitrogen and oxygen atoms in total. The van der Waals surface area contributed by atoms with Crippen LogP contribution in [0.4, 0.5) is 34.1 Å². The van der Waals surface area contributed by atoms with Crippen LogP contribution in [0.2, 0.25) is 0 Å². The minimum Gasteiger partial charge on any atom is -0.311 e. The van der Waals surface area contributed by atoms with E-state index in [4.69, 9.17) is 0 Å². The van der Waals surface area contributed by atoms with Crippen LogP contribution < -0.4 is 9.80 Å². The molecule has 0 radical (unpaired) electrons. The summed E-state index contributed by atoms with van der Waals surface area (Å²) in [6.45, 7) is 9.67. The zero-order valence-corrected chi connectivity index (χ0v) is 48.9. The predicted molar refractivity (Wildman–Crippen MR) is 358 cm³/mol. The van der Waals surface area contributed by atoms with E-state index in [1.807, 2.05) is 0 Å². The molecular weight excluding hydrogens is 1020 g/mol. The van der Waals surface area contributed by atoms with Gasteiger partial charge in [-0.2, -0.15) is 0 Å². The molecule has 12 aromatic carbocycles. The molecule has 0 fully saturated rings. The zero-order chi connectivity index (χ0) is 57.3. The number of nitrogens with zero attached hydrogens (tertiary/aromatic N) is 2. The second-order valence-electron chi connectivity index (χ2n) is 24.3. The topological polar surface area (TPSA) is 6.48 Å². The summed E-state index contributed by atoms with van der Waals surface area (Å²) in [5, 5.41) is 0. The maximum atomic E-state index is 2.62. The summed E-state index contributed by atoms with van der Waals surface area (Å²) in [5.41, 5.74) is 30.8. The van der Waals surface area contributed by atoms with Crippen LogP contribution in [0.1, 0.15) is 91.5 Å². The van der Waals surface area contributed by atoms with Gasteiger partial charge in [0.1, 0.15) is 0 Å². The van der Waals surface area contributed by atoms with E-state index < -0.39 is 0 Å². The molecule has 15 rings (SSSR count). The molecule has 0 bridgehead atoms. The molecule has 0 spiro atoms. The molecule has 410 valence electrons. The Labute approximate surface area is 502 Å². The van der Waals surface area contributed by atoms with Gasteiger partial charge in [-0.1, -0.05) is 246 Å². The highest BCUT2D eigenvalue weighted by molar-refractivity contribution is 5.89. The molecule has 12 aromatic rings. The lowest BCUT2D eigenvalue weighted by Gasteiger charge is -2.45. The van der Waals surface area contributed by atoms with Crippen LogP contribution in [0.25, 0.3) is 55.6 Å². The highest BCUT2D eigenvalue weighted by atomic mass is 15.1. The molecule has 85 heavy (non-hydrogen) atoms. The van der Waals surface area contributed by atoms with Gasteiger partial charge >= 0.3 is 0 Å². The van der Waals surface area contributed by atoms with E-state index in [9.17, 15) is 0 Å². The Morgan fingerprint density at radius 2 is 0.612 bits per heavy atom. The Kier molecular flexibility index (Phi) is 12.8. The Morgan fingerprint density at radius 1 is 0.306 bits per heavy atom. The van der Waals surface area contributed by atoms with Crippen LogP contribution >= 0.6 is 0 Å². The molecule has 3 aliphatic carbocycles. The van der Waals surface area contributed by atoms with Crippen molar-refractivity contribution in [2.24, 2.45) is 0 Å². The van der Waals surface area contributed by atoms with Crippen molar-refractivity contribution >= 4 is 34.1 Å². The molecule has 3 aliphatic rings. The fraction of sp³-hybridized carbons (Fsp3) is 0.133. The first-order chi connectivity index (χ1) is 41.7. The van der Waals surface area contributed by atoms with Crippen molar-refractivity contribution in [3.8, 4) is 55.6 Å². The van der Waals surface area contributed by atoms with Crippen molar-refractivity contribution in [1.82, 2.24) is 0 Å². The molecular formula is C83H68N2. The smallest absolute Gasteiger partial charge is 0.0462 e. The maximum Gasteiger partial charge on any atom is 0.0462 e. The Balaban J connectivity index is 0.729. The third-order valence-electron chi connectivity index (χ3n) is 19.4. The number of benzene rings is 12. The van der Waals surface area contributed by atoms with E-state index >= 15 is 0 Å². The summed E-state index contributed by atoms with van der Waals surface area (Å²) in [4.78, 5) is 4.80. The van der Waals surface area contributed by atoms with Gasteiger partial charge in [-0.05, 0) is 198 Å². The Bertz CT molecular complexity index is 4210. The predicted octanol–water partition coefficient (Wildman–Crippen LogP) is 22.3. The van der Waals surface area contributed by atoms with E-state index in [1.165, 1.54) is 100 Å². The number of fused-ring (bicyclic) bond motifs is 5. The second kappa shape index (κ2) is 20.8. The van der Waals surface area contributed by atoms with Crippen molar-refractivity contribution < 1.29 is 0 Å². The minimum absolute atomic E-state index is 0.0458. The fourth-order valence-corrected chi connectivity index (χ4v) is 14.7. The average molecular weight is 1090 g/mol. The van der Waals surface area contributed by atoms with Crippen molar-refractivity contribution in [1.29, 1.82) is 0 Å².